The number of carboxylic acid groups (broad SMARTS) is 1. The first-order valence-electron chi connectivity index (χ1n) is 42.5. The SMILES string of the molecule is CC(C)C1=NC=CC1.CC(C)C1N=CC=[N+]1c1nccnc1C(=O)O.CC(C)COC(=O)Cl.COC(=O)c1nccnc1-n1ccnc1C(C)C.COC(=O)c1nccnc1Br.O=Cc1c(O)cccc1O.[2H]C([2H])(Cl)c1nccnc1-n1ccnc1C(C)C.[2H]C([2H])(O)c1nccnc1-n1ccnc1C(C)C.[2H]C([2H])(Oc1cccc(O)c1C=O)c1nccnc1-n1ccnc1C(C)C. The summed E-state index contributed by atoms with van der Waals surface area (Å²) in [5.41, 5.74) is 0.583. The van der Waals surface area contributed by atoms with E-state index in [-0.39, 0.29) is 116 Å². The van der Waals surface area contributed by atoms with Crippen molar-refractivity contribution in [2.75, 3.05) is 20.8 Å². The first-order valence-corrected chi connectivity index (χ1v) is 41.0. The Hall–Kier alpha value is -14.1. The van der Waals surface area contributed by atoms with Gasteiger partial charge in [0.15, 0.2) is 59.6 Å². The Balaban J connectivity index is 0.000000239. The summed E-state index contributed by atoms with van der Waals surface area (Å²) < 4.78 is 74.6. The number of ether oxygens (including phenoxy) is 4. The number of hydrogen-bond donors (Lipinski definition) is 5. The summed E-state index contributed by atoms with van der Waals surface area (Å²) in [7, 11) is 2.61. The molecule has 0 radical (unpaired) electrons. The molecular weight excluding hydrogens is 1770 g/mol. The van der Waals surface area contributed by atoms with Gasteiger partial charge in [0.05, 0.1) is 70.7 Å². The molecule has 0 spiro atoms. The average molecular weight is 1880 g/mol. The van der Waals surface area contributed by atoms with Gasteiger partial charge < -0.3 is 44.5 Å². The lowest BCUT2D eigenvalue weighted by atomic mass is 10.1. The van der Waals surface area contributed by atoms with Gasteiger partial charge in [-0.15, -0.1) is 11.6 Å². The number of aromatic nitrogens is 20. The van der Waals surface area contributed by atoms with Crippen LogP contribution in [0.1, 0.15) is 228 Å². The van der Waals surface area contributed by atoms with Crippen molar-refractivity contribution < 1.29 is 86.0 Å². The second-order valence-electron chi connectivity index (χ2n) is 28.7. The van der Waals surface area contributed by atoms with E-state index in [2.05, 4.69) is 135 Å². The minimum atomic E-state index is -2.54. The number of nitrogens with zero attached hydrogens (tertiary/aromatic N) is 23. The van der Waals surface area contributed by atoms with Gasteiger partial charge in [-0.25, -0.2) is 88.6 Å². The van der Waals surface area contributed by atoms with Crippen LogP contribution in [-0.2, 0) is 33.2 Å². The van der Waals surface area contributed by atoms with Crippen LogP contribution in [0.25, 0.3) is 23.3 Å². The van der Waals surface area contributed by atoms with Crippen LogP contribution >= 0.6 is 39.1 Å². The molecule has 12 aromatic rings. The van der Waals surface area contributed by atoms with Crippen molar-refractivity contribution in [1.82, 2.24) is 98.0 Å². The number of hydrogen-bond acceptors (Lipinski definition) is 32. The number of aliphatic imine (C=N–C) groups is 2. The van der Waals surface area contributed by atoms with E-state index in [4.69, 9.17) is 56.2 Å². The molecule has 2 aliphatic heterocycles. The molecule has 12 heterocycles. The number of phenolic OH excluding ortho intramolecular Hbond substituents is 3. The molecule has 14 rings (SSSR count). The van der Waals surface area contributed by atoms with Crippen molar-refractivity contribution in [3.63, 3.8) is 0 Å². The number of methoxy groups -OCH3 is 2. The largest absolute Gasteiger partial charge is 0.507 e. The molecule has 38 nitrogen and oxygen atoms in total. The van der Waals surface area contributed by atoms with Crippen molar-refractivity contribution in [3.05, 3.63) is 246 Å². The summed E-state index contributed by atoms with van der Waals surface area (Å²) >= 11 is 13.6. The number of carbonyl (C=O) groups is 6. The van der Waals surface area contributed by atoms with Crippen LogP contribution in [0.5, 0.6) is 23.0 Å². The number of carbonyl (C=O) groups excluding carboxylic acids is 5. The van der Waals surface area contributed by atoms with E-state index in [1.807, 2.05) is 89.3 Å². The predicted octanol–water partition coefficient (Wildman–Crippen LogP) is 15.2. The van der Waals surface area contributed by atoms with Crippen LogP contribution in [0.15, 0.2) is 187 Å². The Kier molecular flexibility index (Phi) is 39.0. The fourth-order valence-electron chi connectivity index (χ4n) is 10.9. The first-order chi connectivity index (χ1) is 63.9. The van der Waals surface area contributed by atoms with Gasteiger partial charge in [-0.1, -0.05) is 115 Å². The summed E-state index contributed by atoms with van der Waals surface area (Å²) in [4.78, 5) is 139. The molecular formula is C88H103BrCl2N23O15+. The third-order valence-corrected chi connectivity index (χ3v) is 17.8. The average Bonchev–Trinajstić information content (AvgIpc) is 1.74. The van der Waals surface area contributed by atoms with Crippen molar-refractivity contribution in [2.45, 2.75) is 152 Å². The molecule has 0 bridgehead atoms. The smallest absolute Gasteiger partial charge is 0.403 e. The van der Waals surface area contributed by atoms with E-state index in [0.717, 1.165) is 23.9 Å². The van der Waals surface area contributed by atoms with E-state index in [1.54, 1.807) is 84.8 Å². The molecule has 0 saturated heterocycles. The maximum atomic E-state index is 11.7. The molecule has 5 N–H and O–H groups in total. The van der Waals surface area contributed by atoms with Gasteiger partial charge in [0, 0.05) is 171 Å². The maximum Gasteiger partial charge on any atom is 0.403 e. The second kappa shape index (κ2) is 53.4. The number of aromatic carboxylic acids is 1. The Morgan fingerprint density at radius 3 is 1.34 bits per heavy atom. The number of benzene rings is 2. The second-order valence-corrected chi connectivity index (χ2v) is 30.0. The maximum absolute atomic E-state index is 11.7. The zero-order valence-corrected chi connectivity index (χ0v) is 76.3. The van der Waals surface area contributed by atoms with Gasteiger partial charge >= 0.3 is 29.2 Å². The number of aldehydes is 2. The zero-order valence-electron chi connectivity index (χ0n) is 79.2. The topological polar surface area (TPSA) is 494 Å². The van der Waals surface area contributed by atoms with Gasteiger partial charge in [-0.2, -0.15) is 0 Å². The summed E-state index contributed by atoms with van der Waals surface area (Å²) in [5, 5.41) is 46.1. The van der Waals surface area contributed by atoms with Gasteiger partial charge in [0.2, 0.25) is 5.69 Å². The standard InChI is InChI=1S/C18H18N4O3.C12H14N4O2.C11H13ClN4.C11H12N4O2.C11H14N4O.C7H11N.C7H6O3.C6H5BrN2O2.C5H9ClO2/c1-12(2)17-21-8-9-22(17)18-14(19-6-7-20-18)11-25-16-5-3-4-15(24)13(16)10-23;1-8(2)10-15-6-7-16(10)11-9(12(17)18-3)13-4-5-14-11;1-8(2)10-15-5-6-16(10)11-9(7-12)13-3-4-14-11;1-7(2)9-14-5-6-15(9)10-8(11(16)17)12-3-4-13-10;1-8(2)10-14-5-6-15(10)11-9(7-16)12-3-4-13-11;1-6(2)7-4-3-5-8-7;8-4-5-6(9)2-1-3-7(5)10;1-11-6(10)4-5(7)9-3-2-8-4;1-4(2)3-8-5(6)7/h3-10,12,24H,11H2,1-2H3;4-8H,1-3H3;3-6,8H,7H2,1-2H3;3-7,9H,1-2H3;3-6,8,16H,7H2,1-2H3;3,5-6H,4H2,1-2H3;1-4,9-10H;2-3H,1H3;4H,3H2,1-2H3/p+1/i11D2;;7D2;;7D2;;;;. The van der Waals surface area contributed by atoms with Crippen molar-refractivity contribution in [3.8, 4) is 46.3 Å². The number of esters is 2. The van der Waals surface area contributed by atoms with Crippen molar-refractivity contribution in [1.29, 1.82) is 0 Å². The molecule has 1 atom stereocenters. The number of allylic oxidation sites excluding steroid dienone is 1. The fourth-order valence-corrected chi connectivity index (χ4v) is 11.5. The number of rotatable bonds is 23. The number of aliphatic hydroxyl groups is 1. The normalized spacial score (nSPS) is 13.0. The number of halogens is 3. The molecule has 41 heteroatoms. The summed E-state index contributed by atoms with van der Waals surface area (Å²) in [5.74, 6) is 1.60. The highest BCUT2D eigenvalue weighted by Crippen LogP contribution is 2.30. The highest BCUT2D eigenvalue weighted by molar-refractivity contribution is 9.10. The van der Waals surface area contributed by atoms with Gasteiger partial charge in [0.25, 0.3) is 0 Å². The number of imidazole rings is 4. The van der Waals surface area contributed by atoms with Crippen molar-refractivity contribution >= 4 is 99.0 Å². The van der Waals surface area contributed by atoms with E-state index >= 15 is 0 Å². The molecule has 1 unspecified atom stereocenters. The molecule has 0 amide bonds. The molecule has 129 heavy (non-hydrogen) atoms. The van der Waals surface area contributed by atoms with Crippen molar-refractivity contribution in [2.24, 2.45) is 27.7 Å². The van der Waals surface area contributed by atoms with Crippen LogP contribution in [0, 0.1) is 17.8 Å². The Morgan fingerprint density at radius 1 is 0.527 bits per heavy atom. The lowest BCUT2D eigenvalue weighted by Crippen LogP contribution is -2.25. The first kappa shape index (κ1) is 94.1. The lowest BCUT2D eigenvalue weighted by molar-refractivity contribution is -0.486. The van der Waals surface area contributed by atoms with E-state index in [0.29, 0.717) is 58.9 Å². The van der Waals surface area contributed by atoms with E-state index in [1.165, 1.54) is 131 Å². The fraction of sp³-hybridized carbons (Fsp3) is 0.330. The molecule has 2 aliphatic rings. The number of carboxylic acids is 1. The molecule has 0 saturated carbocycles. The summed E-state index contributed by atoms with van der Waals surface area (Å²) in [6, 6.07) is 8.30. The van der Waals surface area contributed by atoms with E-state index < -0.39 is 42.3 Å². The summed E-state index contributed by atoms with van der Waals surface area (Å²) in [6.07, 6.45) is 39.8. The van der Waals surface area contributed by atoms with Gasteiger partial charge in [-0.3, -0.25) is 47.8 Å². The summed E-state index contributed by atoms with van der Waals surface area (Å²) in [6.45, 7) is 23.6. The lowest BCUT2D eigenvalue weighted by Gasteiger charge is -2.14. The monoisotopic (exact) mass is 1880 g/mol. The molecule has 680 valence electrons. The highest BCUT2D eigenvalue weighted by atomic mass is 79.9. The Morgan fingerprint density at radius 2 is 0.938 bits per heavy atom. The van der Waals surface area contributed by atoms with Crippen LogP contribution in [-0.4, -0.2) is 209 Å². The Labute approximate surface area is 771 Å². The number of phenols is 3. The third-order valence-electron chi connectivity index (χ3n) is 16.9. The Bertz CT molecular complexity index is 5950. The predicted molar refractivity (Wildman–Crippen MR) is 484 cm³/mol. The van der Waals surface area contributed by atoms with Crippen LogP contribution in [0.3, 0.4) is 0 Å². The van der Waals surface area contributed by atoms with Gasteiger partial charge in [-0.05, 0) is 57.0 Å². The third kappa shape index (κ3) is 30.9. The van der Waals surface area contributed by atoms with Crippen LogP contribution < -0.4 is 4.74 Å². The van der Waals surface area contributed by atoms with Gasteiger partial charge in [0.1, 0.15) is 75.1 Å². The number of aromatic hydroxyl groups is 3. The highest BCUT2D eigenvalue weighted by Gasteiger charge is 2.32. The molecule has 0 aliphatic carbocycles. The number of alkyl halides is 1. The van der Waals surface area contributed by atoms with Crippen LogP contribution in [0.2, 0.25) is 0 Å². The molecule has 10 aromatic heterocycles. The van der Waals surface area contributed by atoms with E-state index in [9.17, 15) is 39.0 Å². The molecule has 0 fully saturated rings. The minimum Gasteiger partial charge on any atom is -0.507 e. The quantitative estimate of drug-likeness (QED) is 0.00991. The van der Waals surface area contributed by atoms with Crippen LogP contribution in [0.4, 0.5) is 10.6 Å². The minimum absolute atomic E-state index is 0.0556. The zero-order chi connectivity index (χ0) is 100. The molecule has 2 aromatic carbocycles.